The molecule has 176 valence electrons. The second-order valence-corrected chi connectivity index (χ2v) is 9.81. The summed E-state index contributed by atoms with van der Waals surface area (Å²) in [4.78, 5) is 41.7. The number of esters is 1. The molecule has 0 saturated carbocycles. The molecule has 1 fully saturated rings. The molecule has 3 aromatic rings. The summed E-state index contributed by atoms with van der Waals surface area (Å²) in [6, 6.07) is 7.11. The van der Waals surface area contributed by atoms with E-state index in [0.717, 1.165) is 11.0 Å². The van der Waals surface area contributed by atoms with Crippen LogP contribution in [0.15, 0.2) is 51.1 Å². The molecular weight excluding hydrogens is 450 g/mol. The molecule has 0 radical (unpaired) electrons. The van der Waals surface area contributed by atoms with Crippen molar-refractivity contribution < 1.29 is 17.9 Å². The fourth-order valence-electron chi connectivity index (χ4n) is 4.06. The minimum Gasteiger partial charge on any atom is -0.463 e. The Morgan fingerprint density at radius 3 is 2.58 bits per heavy atom. The summed E-state index contributed by atoms with van der Waals surface area (Å²) >= 11 is 0. The van der Waals surface area contributed by atoms with Gasteiger partial charge in [0.1, 0.15) is 12.6 Å². The van der Waals surface area contributed by atoms with E-state index in [1.807, 2.05) is 0 Å². The van der Waals surface area contributed by atoms with Gasteiger partial charge in [-0.25, -0.2) is 18.2 Å². The number of nitrogens with zero attached hydrogens (tertiary/aromatic N) is 5. The van der Waals surface area contributed by atoms with E-state index < -0.39 is 33.3 Å². The van der Waals surface area contributed by atoms with E-state index in [1.54, 1.807) is 18.2 Å². The van der Waals surface area contributed by atoms with Crippen molar-refractivity contribution in [1.29, 1.82) is 0 Å². The number of aromatic nitrogens is 4. The first kappa shape index (κ1) is 22.9. The maximum Gasteiger partial charge on any atom is 0.332 e. The molecule has 0 unspecified atom stereocenters. The summed E-state index contributed by atoms with van der Waals surface area (Å²) in [6.45, 7) is 0.299. The standard InChI is InChI=1S/C21H25N5O6S/c1-23-18-17(19(27)24(2)21(23)29)25(14-22-18)12-13-32-20(28)16-10-6-7-11-26(16)33(30,31)15-8-4-3-5-9-15/h3-5,8-9,14,16H,6-7,10-13H2,1-2H3/t16-/m0/s1. The molecule has 11 nitrogen and oxygen atoms in total. The van der Waals surface area contributed by atoms with E-state index in [9.17, 15) is 22.8 Å². The van der Waals surface area contributed by atoms with Crippen molar-refractivity contribution in [3.05, 3.63) is 57.5 Å². The van der Waals surface area contributed by atoms with Gasteiger partial charge in [-0.05, 0) is 31.4 Å². The normalized spacial score (nSPS) is 17.3. The number of imidazole rings is 1. The number of benzene rings is 1. The average Bonchev–Trinajstić information content (AvgIpc) is 3.26. The minimum atomic E-state index is -3.83. The number of fused-ring (bicyclic) bond motifs is 1. The topological polar surface area (TPSA) is 126 Å². The Hall–Kier alpha value is -3.25. The summed E-state index contributed by atoms with van der Waals surface area (Å²) in [6.07, 6.45) is 3.17. The first-order valence-corrected chi connectivity index (χ1v) is 12.0. The molecule has 12 heteroatoms. The number of carbonyl (C=O) groups excluding carboxylic acids is 1. The van der Waals surface area contributed by atoms with Crippen molar-refractivity contribution in [2.24, 2.45) is 14.1 Å². The number of ether oxygens (including phenoxy) is 1. The second-order valence-electron chi connectivity index (χ2n) is 7.92. The zero-order valence-corrected chi connectivity index (χ0v) is 19.2. The smallest absolute Gasteiger partial charge is 0.332 e. The Kier molecular flexibility index (Phi) is 6.21. The van der Waals surface area contributed by atoms with Gasteiger partial charge in [-0.15, -0.1) is 0 Å². The molecule has 0 amide bonds. The Labute approximate surface area is 189 Å². The Morgan fingerprint density at radius 1 is 1.12 bits per heavy atom. The third kappa shape index (κ3) is 4.11. The van der Waals surface area contributed by atoms with E-state index in [0.29, 0.717) is 12.8 Å². The predicted octanol–water partition coefficient (Wildman–Crippen LogP) is 0.220. The maximum atomic E-state index is 13.1. The highest BCUT2D eigenvalue weighted by Gasteiger charge is 2.38. The molecule has 1 aliphatic rings. The molecule has 0 bridgehead atoms. The highest BCUT2D eigenvalue weighted by molar-refractivity contribution is 7.89. The van der Waals surface area contributed by atoms with Gasteiger partial charge in [-0.1, -0.05) is 18.2 Å². The Bertz CT molecular complexity index is 1410. The van der Waals surface area contributed by atoms with Crippen LogP contribution in [0.2, 0.25) is 0 Å². The minimum absolute atomic E-state index is 0.0774. The first-order valence-electron chi connectivity index (χ1n) is 10.6. The van der Waals surface area contributed by atoms with Gasteiger partial charge in [0.25, 0.3) is 5.56 Å². The summed E-state index contributed by atoms with van der Waals surface area (Å²) in [5.41, 5.74) is -0.519. The quantitative estimate of drug-likeness (QED) is 0.467. The van der Waals surface area contributed by atoms with Gasteiger partial charge in [0, 0.05) is 20.6 Å². The predicted molar refractivity (Wildman–Crippen MR) is 119 cm³/mol. The van der Waals surface area contributed by atoms with E-state index >= 15 is 0 Å². The monoisotopic (exact) mass is 475 g/mol. The van der Waals surface area contributed by atoms with Crippen LogP contribution < -0.4 is 11.2 Å². The van der Waals surface area contributed by atoms with Crippen molar-refractivity contribution in [2.45, 2.75) is 36.7 Å². The molecule has 0 N–H and O–H groups in total. The molecule has 1 saturated heterocycles. The van der Waals surface area contributed by atoms with Crippen LogP contribution in [-0.2, 0) is 40.2 Å². The second kappa shape index (κ2) is 8.94. The summed E-state index contributed by atoms with van der Waals surface area (Å²) in [5.74, 6) is -0.626. The van der Waals surface area contributed by atoms with E-state index in [-0.39, 0.29) is 35.8 Å². The van der Waals surface area contributed by atoms with Crippen molar-refractivity contribution in [3.63, 3.8) is 0 Å². The van der Waals surface area contributed by atoms with Crippen LogP contribution in [0.3, 0.4) is 0 Å². The number of hydrogen-bond acceptors (Lipinski definition) is 7. The molecule has 1 aromatic carbocycles. The third-order valence-electron chi connectivity index (χ3n) is 5.87. The highest BCUT2D eigenvalue weighted by Crippen LogP contribution is 2.26. The molecule has 1 atom stereocenters. The molecule has 2 aromatic heterocycles. The van der Waals surface area contributed by atoms with Gasteiger partial charge in [-0.3, -0.25) is 18.7 Å². The van der Waals surface area contributed by atoms with E-state index in [4.69, 9.17) is 4.74 Å². The van der Waals surface area contributed by atoms with Gasteiger partial charge in [0.05, 0.1) is 17.8 Å². The van der Waals surface area contributed by atoms with Crippen molar-refractivity contribution >= 4 is 27.2 Å². The van der Waals surface area contributed by atoms with E-state index in [1.165, 1.54) is 46.0 Å². The lowest BCUT2D eigenvalue weighted by Crippen LogP contribution is -2.48. The van der Waals surface area contributed by atoms with Crippen LogP contribution in [0.5, 0.6) is 0 Å². The Balaban J connectivity index is 1.50. The Morgan fingerprint density at radius 2 is 1.85 bits per heavy atom. The van der Waals surface area contributed by atoms with Crippen LogP contribution in [0.4, 0.5) is 0 Å². The largest absolute Gasteiger partial charge is 0.463 e. The fourth-order valence-corrected chi connectivity index (χ4v) is 5.73. The van der Waals surface area contributed by atoms with Crippen molar-refractivity contribution in [2.75, 3.05) is 13.2 Å². The molecule has 33 heavy (non-hydrogen) atoms. The summed E-state index contributed by atoms with van der Waals surface area (Å²) < 4.78 is 36.6. The molecule has 3 heterocycles. The number of piperidine rings is 1. The number of rotatable bonds is 6. The van der Waals surface area contributed by atoms with Gasteiger partial charge in [0.2, 0.25) is 10.0 Å². The van der Waals surface area contributed by atoms with Crippen LogP contribution >= 0.6 is 0 Å². The number of sulfonamides is 1. The van der Waals surface area contributed by atoms with Crippen molar-refractivity contribution in [1.82, 2.24) is 23.0 Å². The fraction of sp³-hybridized carbons (Fsp3) is 0.429. The zero-order chi connectivity index (χ0) is 23.8. The highest BCUT2D eigenvalue weighted by atomic mass is 32.2. The molecule has 4 rings (SSSR count). The van der Waals surface area contributed by atoms with Gasteiger partial charge < -0.3 is 9.30 Å². The number of hydrogen-bond donors (Lipinski definition) is 0. The van der Waals surface area contributed by atoms with E-state index in [2.05, 4.69) is 4.98 Å². The third-order valence-corrected chi connectivity index (χ3v) is 7.79. The summed E-state index contributed by atoms with van der Waals surface area (Å²) in [5, 5.41) is 0. The lowest BCUT2D eigenvalue weighted by molar-refractivity contribution is -0.149. The van der Waals surface area contributed by atoms with Crippen LogP contribution in [0.25, 0.3) is 11.2 Å². The van der Waals surface area contributed by atoms with Crippen molar-refractivity contribution in [3.8, 4) is 0 Å². The zero-order valence-electron chi connectivity index (χ0n) is 18.4. The number of aryl methyl sites for hydroxylation is 1. The van der Waals surface area contributed by atoms with Crippen LogP contribution in [-0.4, -0.2) is 56.6 Å². The SMILES string of the molecule is Cn1c(=O)c2c(ncn2CCOC(=O)[C@@H]2CCCCN2S(=O)(=O)c2ccccc2)n(C)c1=O. The molecular formula is C21H25N5O6S. The average molecular weight is 476 g/mol. The molecule has 1 aliphatic heterocycles. The first-order chi connectivity index (χ1) is 15.7. The van der Waals surface area contributed by atoms with Crippen LogP contribution in [0.1, 0.15) is 19.3 Å². The lowest BCUT2D eigenvalue weighted by atomic mass is 10.1. The molecule has 0 aliphatic carbocycles. The maximum absolute atomic E-state index is 13.1. The van der Waals surface area contributed by atoms with Crippen LogP contribution in [0, 0.1) is 0 Å². The molecule has 0 spiro atoms. The van der Waals surface area contributed by atoms with Gasteiger partial charge in [0.15, 0.2) is 11.2 Å². The summed E-state index contributed by atoms with van der Waals surface area (Å²) in [7, 11) is -0.930. The lowest BCUT2D eigenvalue weighted by Gasteiger charge is -2.33. The van der Waals surface area contributed by atoms with Gasteiger partial charge >= 0.3 is 11.7 Å². The van der Waals surface area contributed by atoms with Gasteiger partial charge in [-0.2, -0.15) is 4.31 Å². The number of carbonyl (C=O) groups is 1.